The number of nitrogens with zero attached hydrogens (tertiary/aromatic N) is 4. The van der Waals surface area contributed by atoms with Crippen molar-refractivity contribution in [3.8, 4) is 5.75 Å². The van der Waals surface area contributed by atoms with E-state index in [0.717, 1.165) is 25.9 Å². The molecule has 0 saturated carbocycles. The summed E-state index contributed by atoms with van der Waals surface area (Å²) >= 11 is 0. The van der Waals surface area contributed by atoms with Crippen LogP contribution in [0.1, 0.15) is 25.5 Å². The van der Waals surface area contributed by atoms with Crippen molar-refractivity contribution in [1.29, 1.82) is 0 Å². The van der Waals surface area contributed by atoms with Crippen molar-refractivity contribution in [3.05, 3.63) is 36.0 Å². The highest BCUT2D eigenvalue weighted by Crippen LogP contribution is 2.40. The van der Waals surface area contributed by atoms with E-state index in [2.05, 4.69) is 25.6 Å². The maximum Gasteiger partial charge on any atom is 0.265 e. The van der Waals surface area contributed by atoms with Crippen molar-refractivity contribution >= 4 is 28.8 Å². The van der Waals surface area contributed by atoms with Crippen molar-refractivity contribution < 1.29 is 13.9 Å². The van der Waals surface area contributed by atoms with Gasteiger partial charge in [0.25, 0.3) is 5.91 Å². The first kappa shape index (κ1) is 21.2. The van der Waals surface area contributed by atoms with E-state index < -0.39 is 0 Å². The summed E-state index contributed by atoms with van der Waals surface area (Å²) in [5, 5.41) is 6.33. The number of halogens is 1. The van der Waals surface area contributed by atoms with Gasteiger partial charge < -0.3 is 20.3 Å². The number of aliphatic imine (C=N–C) groups is 1. The Morgan fingerprint density at radius 3 is 2.97 bits per heavy atom. The number of aromatic nitrogens is 2. The molecule has 2 aliphatic heterocycles. The summed E-state index contributed by atoms with van der Waals surface area (Å²) in [6, 6.07) is 4.41. The van der Waals surface area contributed by atoms with E-state index in [4.69, 9.17) is 4.74 Å². The minimum absolute atomic E-state index is 0.197. The van der Waals surface area contributed by atoms with Crippen LogP contribution < -0.4 is 20.3 Å². The molecule has 2 aromatic rings. The number of hydrogen-bond acceptors (Lipinski definition) is 7. The van der Waals surface area contributed by atoms with Gasteiger partial charge in [0.15, 0.2) is 5.82 Å². The van der Waals surface area contributed by atoms with Crippen LogP contribution in [0.5, 0.6) is 5.75 Å². The number of carbonyl (C=O) groups is 1. The molecule has 0 spiro atoms. The minimum atomic E-state index is -0.362. The molecule has 31 heavy (non-hydrogen) atoms. The van der Waals surface area contributed by atoms with Crippen LogP contribution in [0, 0.1) is 18.7 Å². The lowest BCUT2D eigenvalue weighted by atomic mass is 9.98. The molecule has 3 heterocycles. The van der Waals surface area contributed by atoms with Gasteiger partial charge in [0.2, 0.25) is 0 Å². The summed E-state index contributed by atoms with van der Waals surface area (Å²) in [6.45, 7) is 7.06. The zero-order valence-corrected chi connectivity index (χ0v) is 17.8. The highest BCUT2D eigenvalue weighted by atomic mass is 19.1. The van der Waals surface area contributed by atoms with E-state index in [1.54, 1.807) is 13.0 Å². The second kappa shape index (κ2) is 9.38. The molecule has 8 nitrogen and oxygen atoms in total. The number of rotatable bonds is 5. The van der Waals surface area contributed by atoms with Gasteiger partial charge in [-0.1, -0.05) is 0 Å². The number of anilines is 2. The van der Waals surface area contributed by atoms with Crippen molar-refractivity contribution in [2.24, 2.45) is 10.9 Å². The van der Waals surface area contributed by atoms with Crippen molar-refractivity contribution in [2.75, 3.05) is 37.7 Å². The van der Waals surface area contributed by atoms with Crippen LogP contribution in [0.3, 0.4) is 0 Å². The summed E-state index contributed by atoms with van der Waals surface area (Å²) < 4.78 is 19.2. The Morgan fingerprint density at radius 1 is 1.35 bits per heavy atom. The van der Waals surface area contributed by atoms with Crippen molar-refractivity contribution in [1.82, 2.24) is 20.6 Å². The van der Waals surface area contributed by atoms with E-state index in [1.165, 1.54) is 18.5 Å². The van der Waals surface area contributed by atoms with Gasteiger partial charge in [0.1, 0.15) is 35.9 Å². The van der Waals surface area contributed by atoms with Gasteiger partial charge in [-0.25, -0.2) is 19.4 Å². The zero-order valence-electron chi connectivity index (χ0n) is 17.8. The number of ether oxygens (including phenoxy) is 1. The predicted molar refractivity (Wildman–Crippen MR) is 117 cm³/mol. The third kappa shape index (κ3) is 4.82. The fraction of sp³-hybridized carbons (Fsp3) is 0.455. The number of amides is 1. The molecule has 9 heteroatoms. The van der Waals surface area contributed by atoms with Crippen LogP contribution in [0.4, 0.5) is 21.6 Å². The molecule has 164 valence electrons. The highest BCUT2D eigenvalue weighted by molar-refractivity contribution is 6.38. The van der Waals surface area contributed by atoms with Crippen LogP contribution in [-0.4, -0.2) is 54.4 Å². The standard InChI is InChI=1S/C22H27FN6O2/c1-14-20(28-15(2)22(30)25-12-16-5-7-24-8-6-16)21(27-13-26-14)29-9-10-31-19-11-17(23)3-4-18(19)29/h3-4,11,13,16,24H,5-10,12H2,1-2H3,(H,25,30)/b28-15+. The lowest BCUT2D eigenvalue weighted by molar-refractivity contribution is -0.115. The van der Waals surface area contributed by atoms with Crippen LogP contribution in [0.15, 0.2) is 29.5 Å². The monoisotopic (exact) mass is 426 g/mol. The SMILES string of the molecule is C/C(=N\c1c(C)ncnc1N1CCOc2cc(F)ccc21)C(=O)NCC1CCNCC1. The third-order valence-electron chi connectivity index (χ3n) is 5.64. The molecule has 1 saturated heterocycles. The minimum Gasteiger partial charge on any atom is -0.489 e. The molecule has 1 amide bonds. The number of fused-ring (bicyclic) bond motifs is 1. The summed E-state index contributed by atoms with van der Waals surface area (Å²) in [7, 11) is 0. The summed E-state index contributed by atoms with van der Waals surface area (Å²) in [5.74, 6) is 0.944. The van der Waals surface area contributed by atoms with E-state index in [9.17, 15) is 9.18 Å². The summed E-state index contributed by atoms with van der Waals surface area (Å²) in [6.07, 6.45) is 3.58. The predicted octanol–water partition coefficient (Wildman–Crippen LogP) is 2.66. The van der Waals surface area contributed by atoms with E-state index >= 15 is 0 Å². The molecule has 1 aromatic carbocycles. The first-order valence-electron chi connectivity index (χ1n) is 10.6. The number of piperidine rings is 1. The molecule has 0 aliphatic carbocycles. The Morgan fingerprint density at radius 2 is 2.16 bits per heavy atom. The summed E-state index contributed by atoms with van der Waals surface area (Å²) in [4.78, 5) is 27.9. The molecule has 1 aromatic heterocycles. The van der Waals surface area contributed by atoms with Gasteiger partial charge in [-0.3, -0.25) is 4.79 Å². The lowest BCUT2D eigenvalue weighted by Crippen LogP contribution is -2.38. The molecule has 0 unspecified atom stereocenters. The van der Waals surface area contributed by atoms with Gasteiger partial charge in [-0.2, -0.15) is 0 Å². The zero-order chi connectivity index (χ0) is 21.8. The molecule has 2 aliphatic rings. The van der Waals surface area contributed by atoms with Gasteiger partial charge in [0.05, 0.1) is 17.9 Å². The molecular weight excluding hydrogens is 399 g/mol. The summed E-state index contributed by atoms with van der Waals surface area (Å²) in [5.41, 5.74) is 2.23. The molecule has 0 bridgehead atoms. The van der Waals surface area contributed by atoms with Crippen LogP contribution in [0.2, 0.25) is 0 Å². The third-order valence-corrected chi connectivity index (χ3v) is 5.64. The van der Waals surface area contributed by atoms with Crippen molar-refractivity contribution in [2.45, 2.75) is 26.7 Å². The van der Waals surface area contributed by atoms with E-state index in [-0.39, 0.29) is 11.7 Å². The number of aryl methyl sites for hydroxylation is 1. The molecule has 0 atom stereocenters. The average molecular weight is 426 g/mol. The van der Waals surface area contributed by atoms with Crippen LogP contribution in [0.25, 0.3) is 0 Å². The Kier molecular flexibility index (Phi) is 6.41. The molecular formula is C22H27FN6O2. The smallest absolute Gasteiger partial charge is 0.265 e. The maximum atomic E-state index is 13.6. The highest BCUT2D eigenvalue weighted by Gasteiger charge is 2.25. The topological polar surface area (TPSA) is 91.7 Å². The van der Waals surface area contributed by atoms with Gasteiger partial charge in [-0.05, 0) is 57.8 Å². The van der Waals surface area contributed by atoms with Gasteiger partial charge in [0, 0.05) is 12.6 Å². The molecule has 2 N–H and O–H groups in total. The first-order valence-corrected chi connectivity index (χ1v) is 10.6. The second-order valence-corrected chi connectivity index (χ2v) is 7.84. The largest absolute Gasteiger partial charge is 0.489 e. The second-order valence-electron chi connectivity index (χ2n) is 7.84. The molecule has 4 rings (SSSR count). The Labute approximate surface area is 180 Å². The first-order chi connectivity index (χ1) is 15.0. The molecule has 0 radical (unpaired) electrons. The van der Waals surface area contributed by atoms with Crippen LogP contribution >= 0.6 is 0 Å². The average Bonchev–Trinajstić information content (AvgIpc) is 2.78. The van der Waals surface area contributed by atoms with Crippen LogP contribution in [-0.2, 0) is 4.79 Å². The van der Waals surface area contributed by atoms with E-state index in [1.807, 2.05) is 11.8 Å². The van der Waals surface area contributed by atoms with E-state index in [0.29, 0.717) is 60.0 Å². The normalized spacial score (nSPS) is 17.1. The van der Waals surface area contributed by atoms with Gasteiger partial charge >= 0.3 is 0 Å². The Bertz CT molecular complexity index is 990. The number of nitrogens with one attached hydrogen (secondary N) is 2. The number of benzene rings is 1. The number of hydrogen-bond donors (Lipinski definition) is 2. The number of carbonyl (C=O) groups excluding carboxylic acids is 1. The Hall–Kier alpha value is -3.07. The maximum absolute atomic E-state index is 13.6. The Balaban J connectivity index is 1.58. The fourth-order valence-corrected chi connectivity index (χ4v) is 3.87. The van der Waals surface area contributed by atoms with Gasteiger partial charge in [-0.15, -0.1) is 0 Å². The quantitative estimate of drug-likeness (QED) is 0.715. The molecule has 1 fully saturated rings. The van der Waals surface area contributed by atoms with Crippen molar-refractivity contribution in [3.63, 3.8) is 0 Å². The fourth-order valence-electron chi connectivity index (χ4n) is 3.87. The lowest BCUT2D eigenvalue weighted by Gasteiger charge is -2.31.